The summed E-state index contributed by atoms with van der Waals surface area (Å²) in [4.78, 5) is 27.5. The van der Waals surface area contributed by atoms with Gasteiger partial charge in [0.05, 0.1) is 11.1 Å². The molecule has 168 valence electrons. The molecule has 3 aromatic carbocycles. The molecule has 0 fully saturated rings. The Kier molecular flexibility index (Phi) is 5.20. The number of para-hydroxylation sites is 1. The molecule has 1 unspecified atom stereocenters. The van der Waals surface area contributed by atoms with Crippen molar-refractivity contribution in [3.05, 3.63) is 78.0 Å². The number of amides is 1. The number of carboxylic acid groups (broad SMARTS) is 1. The fourth-order valence-electron chi connectivity index (χ4n) is 5.48. The summed E-state index contributed by atoms with van der Waals surface area (Å²) in [5.41, 5.74) is 3.49. The zero-order valence-electron chi connectivity index (χ0n) is 19.0. The Labute approximate surface area is 193 Å². The number of hydrogen-bond acceptors (Lipinski definition) is 2. The molecule has 1 aliphatic carbocycles. The number of aromatic nitrogens is 1. The van der Waals surface area contributed by atoms with Gasteiger partial charge in [0.1, 0.15) is 6.54 Å². The first-order valence-corrected chi connectivity index (χ1v) is 11.5. The van der Waals surface area contributed by atoms with Crippen LogP contribution >= 0.6 is 0 Å². The Bertz CT molecular complexity index is 1380. The first kappa shape index (κ1) is 21.3. The van der Waals surface area contributed by atoms with E-state index in [0.717, 1.165) is 38.6 Å². The first-order chi connectivity index (χ1) is 15.9. The summed E-state index contributed by atoms with van der Waals surface area (Å²) in [5, 5.41) is 12.7. The second-order valence-corrected chi connectivity index (χ2v) is 9.21. The van der Waals surface area contributed by atoms with E-state index in [9.17, 15) is 14.7 Å². The quantitative estimate of drug-likeness (QED) is 0.450. The minimum atomic E-state index is -0.851. The Morgan fingerprint density at radius 3 is 2.45 bits per heavy atom. The molecule has 1 aromatic heterocycles. The second-order valence-electron chi connectivity index (χ2n) is 9.21. The molecule has 33 heavy (non-hydrogen) atoms. The molecule has 0 saturated heterocycles. The van der Waals surface area contributed by atoms with Crippen LogP contribution in [0.3, 0.4) is 0 Å². The summed E-state index contributed by atoms with van der Waals surface area (Å²) in [7, 11) is 0. The lowest BCUT2D eigenvalue weighted by atomic mass is 9.73. The normalized spacial score (nSPS) is 17.8. The van der Waals surface area contributed by atoms with Gasteiger partial charge in [0.15, 0.2) is 0 Å². The van der Waals surface area contributed by atoms with Crippen LogP contribution in [0.2, 0.25) is 0 Å². The Hall–Kier alpha value is -3.60. The van der Waals surface area contributed by atoms with Crippen LogP contribution in [0, 0.1) is 5.41 Å². The molecule has 0 bridgehead atoms. The molecule has 5 rings (SSSR count). The molecule has 1 atom stereocenters. The van der Waals surface area contributed by atoms with E-state index in [2.05, 4.69) is 25.1 Å². The third-order valence-electron chi connectivity index (χ3n) is 7.10. The average molecular weight is 441 g/mol. The van der Waals surface area contributed by atoms with Crippen molar-refractivity contribution < 1.29 is 14.7 Å². The van der Waals surface area contributed by atoms with Crippen molar-refractivity contribution in [2.75, 3.05) is 11.4 Å². The number of aliphatic carboxylic acids is 1. The highest BCUT2D eigenvalue weighted by molar-refractivity contribution is 6.06. The van der Waals surface area contributed by atoms with E-state index in [1.807, 2.05) is 64.9 Å². The van der Waals surface area contributed by atoms with Gasteiger partial charge < -0.3 is 14.6 Å². The van der Waals surface area contributed by atoms with E-state index in [1.165, 1.54) is 0 Å². The van der Waals surface area contributed by atoms with E-state index in [4.69, 9.17) is 0 Å². The molecule has 1 aliphatic rings. The average Bonchev–Trinajstić information content (AvgIpc) is 3.12. The predicted octanol–water partition coefficient (Wildman–Crippen LogP) is 5.43. The fourth-order valence-corrected chi connectivity index (χ4v) is 5.48. The number of carbonyl (C=O) groups excluding carboxylic acids is 1. The smallest absolute Gasteiger partial charge is 0.323 e. The van der Waals surface area contributed by atoms with Gasteiger partial charge in [-0.15, -0.1) is 0 Å². The highest BCUT2D eigenvalue weighted by Gasteiger charge is 2.42. The molecule has 1 amide bonds. The lowest BCUT2D eigenvalue weighted by Crippen LogP contribution is -2.45. The number of fused-ring (bicyclic) bond motifs is 4. The van der Waals surface area contributed by atoms with E-state index >= 15 is 0 Å². The van der Waals surface area contributed by atoms with Crippen molar-refractivity contribution in [2.45, 2.75) is 39.7 Å². The molecule has 4 aromatic rings. The monoisotopic (exact) mass is 440 g/mol. The summed E-state index contributed by atoms with van der Waals surface area (Å²) in [6.45, 7) is 4.62. The zero-order chi connectivity index (χ0) is 23.2. The van der Waals surface area contributed by atoms with Gasteiger partial charge >= 0.3 is 5.97 Å². The van der Waals surface area contributed by atoms with Gasteiger partial charge in [-0.3, -0.25) is 9.59 Å². The van der Waals surface area contributed by atoms with E-state index in [0.29, 0.717) is 25.8 Å². The highest BCUT2D eigenvalue weighted by Crippen LogP contribution is 2.42. The highest BCUT2D eigenvalue weighted by atomic mass is 16.4. The van der Waals surface area contributed by atoms with Gasteiger partial charge in [-0.25, -0.2) is 0 Å². The Balaban J connectivity index is 1.56. The van der Waals surface area contributed by atoms with Gasteiger partial charge in [0.25, 0.3) is 0 Å². The van der Waals surface area contributed by atoms with Crippen molar-refractivity contribution in [3.63, 3.8) is 0 Å². The molecule has 5 heteroatoms. The number of anilines is 1. The van der Waals surface area contributed by atoms with E-state index < -0.39 is 11.4 Å². The maximum absolute atomic E-state index is 14.1. The summed E-state index contributed by atoms with van der Waals surface area (Å²) in [5.74, 6) is -0.724. The number of rotatable bonds is 5. The molecule has 1 heterocycles. The predicted molar refractivity (Wildman–Crippen MR) is 132 cm³/mol. The molecular weight excluding hydrogens is 412 g/mol. The lowest BCUT2D eigenvalue weighted by Gasteiger charge is -2.37. The van der Waals surface area contributed by atoms with Crippen molar-refractivity contribution >= 4 is 39.2 Å². The summed E-state index contributed by atoms with van der Waals surface area (Å²) in [6, 6.07) is 22.2. The van der Waals surface area contributed by atoms with Crippen LogP contribution in [0.4, 0.5) is 5.69 Å². The van der Waals surface area contributed by atoms with Crippen LogP contribution in [-0.2, 0) is 29.0 Å². The van der Waals surface area contributed by atoms with Crippen molar-refractivity contribution in [2.24, 2.45) is 5.41 Å². The van der Waals surface area contributed by atoms with Crippen LogP contribution in [0.15, 0.2) is 66.7 Å². The topological polar surface area (TPSA) is 62.5 Å². The lowest BCUT2D eigenvalue weighted by molar-refractivity contribution is -0.137. The van der Waals surface area contributed by atoms with Crippen LogP contribution in [-0.4, -0.2) is 28.1 Å². The van der Waals surface area contributed by atoms with Crippen LogP contribution < -0.4 is 4.90 Å². The second kappa shape index (κ2) is 8.07. The minimum Gasteiger partial charge on any atom is -0.480 e. The largest absolute Gasteiger partial charge is 0.480 e. The Morgan fingerprint density at radius 1 is 1.00 bits per heavy atom. The van der Waals surface area contributed by atoms with E-state index in [1.54, 1.807) is 0 Å². The number of carbonyl (C=O) groups is 2. The van der Waals surface area contributed by atoms with Crippen molar-refractivity contribution in [1.29, 1.82) is 0 Å². The van der Waals surface area contributed by atoms with Gasteiger partial charge in [-0.05, 0) is 49.3 Å². The molecular formula is C28H28N2O3. The van der Waals surface area contributed by atoms with Crippen LogP contribution in [0.1, 0.15) is 31.5 Å². The van der Waals surface area contributed by atoms with Crippen molar-refractivity contribution in [3.8, 4) is 0 Å². The van der Waals surface area contributed by atoms with Gasteiger partial charge in [-0.1, -0.05) is 61.5 Å². The van der Waals surface area contributed by atoms with E-state index in [-0.39, 0.29) is 12.5 Å². The standard InChI is InChI=1S/C28H28N2O3/c1-3-29(23-14-8-10-19-9-4-5-11-20(19)23)27(33)28(2)16-15-25-22(17-28)21-12-6-7-13-24(21)30(25)18-26(31)32/h4-14H,3,15-18H2,1-2H3,(H,31,32). The summed E-state index contributed by atoms with van der Waals surface area (Å²) < 4.78 is 1.92. The number of benzene rings is 3. The molecule has 0 aliphatic heterocycles. The third kappa shape index (κ3) is 3.48. The zero-order valence-corrected chi connectivity index (χ0v) is 19.0. The van der Waals surface area contributed by atoms with Gasteiger partial charge in [0.2, 0.25) is 5.91 Å². The number of hydrogen-bond donors (Lipinski definition) is 1. The SMILES string of the molecule is CCN(C(=O)C1(C)CCc2c(c3ccccc3n2CC(=O)O)C1)c1cccc2ccccc12. The first-order valence-electron chi connectivity index (χ1n) is 11.5. The molecule has 0 spiro atoms. The molecule has 0 saturated carbocycles. The summed E-state index contributed by atoms with van der Waals surface area (Å²) >= 11 is 0. The van der Waals surface area contributed by atoms with Crippen molar-refractivity contribution in [1.82, 2.24) is 4.57 Å². The van der Waals surface area contributed by atoms with Crippen LogP contribution in [0.25, 0.3) is 21.7 Å². The number of carboxylic acids is 1. The molecule has 5 nitrogen and oxygen atoms in total. The Morgan fingerprint density at radius 2 is 1.70 bits per heavy atom. The maximum Gasteiger partial charge on any atom is 0.323 e. The maximum atomic E-state index is 14.1. The summed E-state index contributed by atoms with van der Waals surface area (Å²) in [6.07, 6.45) is 1.98. The molecule has 1 N–H and O–H groups in total. The third-order valence-corrected chi connectivity index (χ3v) is 7.10. The van der Waals surface area contributed by atoms with Gasteiger partial charge in [0, 0.05) is 28.5 Å². The molecule has 0 radical (unpaired) electrons. The number of nitrogens with zero attached hydrogens (tertiary/aromatic N) is 2. The van der Waals surface area contributed by atoms with Crippen LogP contribution in [0.5, 0.6) is 0 Å². The minimum absolute atomic E-state index is 0.0579. The fraction of sp³-hybridized carbons (Fsp3) is 0.286. The van der Waals surface area contributed by atoms with Gasteiger partial charge in [-0.2, -0.15) is 0 Å².